The molecule has 0 saturated carbocycles. The van der Waals surface area contributed by atoms with Gasteiger partial charge in [0.05, 0.1) is 12.8 Å². The van der Waals surface area contributed by atoms with Crippen molar-refractivity contribution in [1.29, 1.82) is 0 Å². The van der Waals surface area contributed by atoms with Crippen molar-refractivity contribution in [2.24, 2.45) is 0 Å². The molecule has 0 bridgehead atoms. The van der Waals surface area contributed by atoms with Gasteiger partial charge < -0.3 is 4.74 Å². The van der Waals surface area contributed by atoms with Gasteiger partial charge in [-0.2, -0.15) is 0 Å². The van der Waals surface area contributed by atoms with E-state index in [9.17, 15) is 0 Å². The number of aromatic nitrogens is 1. The summed E-state index contributed by atoms with van der Waals surface area (Å²) in [6.45, 7) is 2.45. The van der Waals surface area contributed by atoms with Gasteiger partial charge in [0.15, 0.2) is 0 Å². The molecule has 1 aromatic rings. The van der Waals surface area contributed by atoms with Crippen LogP contribution in [0.15, 0.2) is 12.1 Å². The summed E-state index contributed by atoms with van der Waals surface area (Å²) in [6, 6.07) is 3.34. The van der Waals surface area contributed by atoms with Crippen molar-refractivity contribution in [3.05, 3.63) is 23.4 Å². The van der Waals surface area contributed by atoms with Crippen LogP contribution in [-0.4, -0.2) is 11.6 Å². The van der Waals surface area contributed by atoms with Gasteiger partial charge in [0.25, 0.3) is 0 Å². The predicted molar refractivity (Wildman–Crippen MR) is 39.3 cm³/mol. The van der Waals surface area contributed by atoms with Crippen LogP contribution >= 0.6 is 11.6 Å². The molecule has 0 aliphatic rings. The van der Waals surface area contributed by atoms with Crippen LogP contribution in [0.5, 0.6) is 5.88 Å². The Morgan fingerprint density at radius 2 is 2.60 bits per heavy atom. The van der Waals surface area contributed by atoms with Crippen LogP contribution in [0.25, 0.3) is 0 Å². The summed E-state index contributed by atoms with van der Waals surface area (Å²) >= 11 is 5.70. The molecule has 0 saturated heterocycles. The number of hydrogen-bond donors (Lipinski definition) is 0. The fourth-order valence-electron chi connectivity index (χ4n) is 0.569. The molecule has 1 rings (SSSR count). The van der Waals surface area contributed by atoms with E-state index in [4.69, 9.17) is 16.3 Å². The van der Waals surface area contributed by atoms with Crippen molar-refractivity contribution < 1.29 is 4.74 Å². The smallest absolute Gasteiger partial charge is 0.233 e. The van der Waals surface area contributed by atoms with E-state index in [1.54, 1.807) is 12.1 Å². The highest BCUT2D eigenvalue weighted by atomic mass is 35.5. The molecule has 0 atom stereocenters. The lowest BCUT2D eigenvalue weighted by molar-refractivity contribution is 0.327. The molecule has 0 aromatic carbocycles. The highest BCUT2D eigenvalue weighted by molar-refractivity contribution is 6.31. The Labute approximate surface area is 64.8 Å². The average molecular weight is 157 g/mol. The van der Waals surface area contributed by atoms with Gasteiger partial charge in [0, 0.05) is 0 Å². The molecule has 1 heterocycles. The minimum atomic E-state index is 0.451. The molecule has 3 heteroatoms. The second kappa shape index (κ2) is 3.42. The third-order valence-electron chi connectivity index (χ3n) is 0.956. The molecular formula is C7H7ClNO. The molecule has 0 N–H and O–H groups in total. The van der Waals surface area contributed by atoms with Crippen LogP contribution in [0, 0.1) is 6.20 Å². The molecule has 10 heavy (non-hydrogen) atoms. The number of hydrogen-bond acceptors (Lipinski definition) is 2. The van der Waals surface area contributed by atoms with E-state index < -0.39 is 0 Å². The fraction of sp³-hybridized carbons (Fsp3) is 0.286. The zero-order valence-electron chi connectivity index (χ0n) is 5.60. The normalized spacial score (nSPS) is 9.40. The first kappa shape index (κ1) is 7.35. The highest BCUT2D eigenvalue weighted by Crippen LogP contribution is 2.18. The van der Waals surface area contributed by atoms with Crippen molar-refractivity contribution in [1.82, 2.24) is 4.98 Å². The first-order chi connectivity index (χ1) is 4.84. The average Bonchev–Trinajstić information content (AvgIpc) is 1.94. The lowest BCUT2D eigenvalue weighted by atomic mass is 10.5. The maximum atomic E-state index is 5.70. The number of rotatable bonds is 2. The van der Waals surface area contributed by atoms with E-state index in [1.165, 1.54) is 0 Å². The quantitative estimate of drug-likeness (QED) is 0.653. The van der Waals surface area contributed by atoms with Crippen molar-refractivity contribution in [3.63, 3.8) is 0 Å². The molecule has 1 aromatic heterocycles. The lowest BCUT2D eigenvalue weighted by Crippen LogP contribution is -1.93. The lowest BCUT2D eigenvalue weighted by Gasteiger charge is -2.00. The Balaban J connectivity index is 2.81. The number of pyridine rings is 1. The predicted octanol–water partition coefficient (Wildman–Crippen LogP) is 1.93. The number of nitrogens with zero attached hydrogens (tertiary/aromatic N) is 1. The van der Waals surface area contributed by atoms with Gasteiger partial charge in [-0.3, -0.25) is 0 Å². The van der Waals surface area contributed by atoms with E-state index in [2.05, 4.69) is 11.2 Å². The summed E-state index contributed by atoms with van der Waals surface area (Å²) in [5, 5.41) is 0.528. The van der Waals surface area contributed by atoms with Gasteiger partial charge in [-0.1, -0.05) is 11.6 Å². The van der Waals surface area contributed by atoms with Gasteiger partial charge in [0.2, 0.25) is 5.88 Å². The van der Waals surface area contributed by atoms with Crippen molar-refractivity contribution in [2.45, 2.75) is 6.92 Å². The molecule has 0 amide bonds. The van der Waals surface area contributed by atoms with Gasteiger partial charge in [-0.05, 0) is 19.1 Å². The van der Waals surface area contributed by atoms with E-state index in [-0.39, 0.29) is 0 Å². The Hall–Kier alpha value is -0.760. The van der Waals surface area contributed by atoms with Gasteiger partial charge in [-0.25, -0.2) is 4.98 Å². The zero-order chi connectivity index (χ0) is 7.40. The minimum Gasteiger partial charge on any atom is -0.477 e. The Kier molecular flexibility index (Phi) is 2.51. The fourth-order valence-corrected chi connectivity index (χ4v) is 0.729. The van der Waals surface area contributed by atoms with E-state index in [0.29, 0.717) is 17.5 Å². The number of ether oxygens (including phenoxy) is 1. The number of halogens is 1. The topological polar surface area (TPSA) is 22.1 Å². The molecule has 53 valence electrons. The Morgan fingerprint density at radius 3 is 3.20 bits per heavy atom. The van der Waals surface area contributed by atoms with Crippen LogP contribution in [0.4, 0.5) is 0 Å². The maximum absolute atomic E-state index is 5.70. The third-order valence-corrected chi connectivity index (χ3v) is 1.24. The molecular weight excluding hydrogens is 150 g/mol. The summed E-state index contributed by atoms with van der Waals surface area (Å²) < 4.78 is 5.06. The first-order valence-electron chi connectivity index (χ1n) is 3.00. The third kappa shape index (κ3) is 1.61. The maximum Gasteiger partial charge on any atom is 0.233 e. The first-order valence-corrected chi connectivity index (χ1v) is 3.37. The van der Waals surface area contributed by atoms with Crippen LogP contribution in [0.3, 0.4) is 0 Å². The van der Waals surface area contributed by atoms with Crippen LogP contribution < -0.4 is 4.74 Å². The molecule has 1 radical (unpaired) electrons. The zero-order valence-corrected chi connectivity index (χ0v) is 6.35. The van der Waals surface area contributed by atoms with Gasteiger partial charge in [0.1, 0.15) is 5.02 Å². The summed E-state index contributed by atoms with van der Waals surface area (Å²) in [5.41, 5.74) is 0. The SMILES string of the molecule is CCOc1n[c]ccc1Cl. The van der Waals surface area contributed by atoms with E-state index >= 15 is 0 Å². The van der Waals surface area contributed by atoms with Crippen LogP contribution in [-0.2, 0) is 0 Å². The highest BCUT2D eigenvalue weighted by Gasteiger charge is 1.97. The van der Waals surface area contributed by atoms with Crippen LogP contribution in [0.2, 0.25) is 5.02 Å². The largest absolute Gasteiger partial charge is 0.477 e. The second-order valence-electron chi connectivity index (χ2n) is 1.66. The minimum absolute atomic E-state index is 0.451. The standard InChI is InChI=1S/C7H7ClNO/c1-2-10-7-6(8)4-3-5-9-7/h3-4H,2H2,1H3. The summed E-state index contributed by atoms with van der Waals surface area (Å²) in [6.07, 6.45) is 2.63. The van der Waals surface area contributed by atoms with Crippen molar-refractivity contribution in [2.75, 3.05) is 6.61 Å². The molecule has 0 aliphatic carbocycles. The summed E-state index contributed by atoms with van der Waals surface area (Å²) in [7, 11) is 0. The summed E-state index contributed by atoms with van der Waals surface area (Å²) in [4.78, 5) is 3.79. The monoisotopic (exact) mass is 156 g/mol. The second-order valence-corrected chi connectivity index (χ2v) is 2.07. The van der Waals surface area contributed by atoms with Gasteiger partial charge >= 0.3 is 0 Å². The summed E-state index contributed by atoms with van der Waals surface area (Å²) in [5.74, 6) is 0.451. The Bertz CT molecular complexity index is 215. The van der Waals surface area contributed by atoms with E-state index in [1.807, 2.05) is 6.92 Å². The van der Waals surface area contributed by atoms with Crippen molar-refractivity contribution >= 4 is 11.6 Å². The molecule has 2 nitrogen and oxygen atoms in total. The van der Waals surface area contributed by atoms with Gasteiger partial charge in [-0.15, -0.1) is 0 Å². The van der Waals surface area contributed by atoms with Crippen LogP contribution in [0.1, 0.15) is 6.92 Å². The van der Waals surface area contributed by atoms with Crippen molar-refractivity contribution in [3.8, 4) is 5.88 Å². The van der Waals surface area contributed by atoms with E-state index in [0.717, 1.165) is 0 Å². The Morgan fingerprint density at radius 1 is 1.80 bits per heavy atom. The molecule has 0 aliphatic heterocycles. The molecule has 0 spiro atoms. The molecule has 0 fully saturated rings. The molecule has 0 unspecified atom stereocenters.